The molecule has 3 unspecified atom stereocenters. The Kier molecular flexibility index (Phi) is 2.89. The summed E-state index contributed by atoms with van der Waals surface area (Å²) in [5.74, 6) is 0. The van der Waals surface area contributed by atoms with E-state index in [0.717, 1.165) is 6.04 Å². The van der Waals surface area contributed by atoms with Crippen molar-refractivity contribution in [3.8, 4) is 0 Å². The number of hydrogen-bond donors (Lipinski definition) is 1. The largest absolute Gasteiger partial charge is 0.326 e. The summed E-state index contributed by atoms with van der Waals surface area (Å²) in [6.45, 7) is 3.61. The fourth-order valence-electron chi connectivity index (χ4n) is 3.11. The Balaban J connectivity index is 1.98. The molecule has 76 valence electrons. The van der Waals surface area contributed by atoms with Gasteiger partial charge in [-0.25, -0.2) is 0 Å². The van der Waals surface area contributed by atoms with Gasteiger partial charge in [-0.1, -0.05) is 13.3 Å². The molecule has 2 nitrogen and oxygen atoms in total. The molecule has 0 radical (unpaired) electrons. The highest BCUT2D eigenvalue weighted by Gasteiger charge is 2.35. The molecular formula is C11H22N2. The maximum absolute atomic E-state index is 6.13. The van der Waals surface area contributed by atoms with Gasteiger partial charge >= 0.3 is 0 Å². The first-order valence-corrected chi connectivity index (χ1v) is 5.84. The molecule has 0 aromatic rings. The minimum atomic E-state index is 0.465. The highest BCUT2D eigenvalue weighted by atomic mass is 15.2. The van der Waals surface area contributed by atoms with Crippen molar-refractivity contribution in [3.63, 3.8) is 0 Å². The zero-order chi connectivity index (χ0) is 9.26. The molecule has 0 amide bonds. The van der Waals surface area contributed by atoms with Gasteiger partial charge in [0.25, 0.3) is 0 Å². The Labute approximate surface area is 81.5 Å². The van der Waals surface area contributed by atoms with Crippen molar-refractivity contribution in [2.75, 3.05) is 6.54 Å². The van der Waals surface area contributed by atoms with Gasteiger partial charge in [0.05, 0.1) is 0 Å². The third kappa shape index (κ3) is 1.75. The lowest BCUT2D eigenvalue weighted by Crippen LogP contribution is -2.46. The van der Waals surface area contributed by atoms with Crippen molar-refractivity contribution < 1.29 is 0 Å². The molecule has 3 atom stereocenters. The molecule has 0 aromatic carbocycles. The SMILES string of the molecule is CCC1CCCN1C1CCCC1N. The molecule has 2 N–H and O–H groups in total. The zero-order valence-corrected chi connectivity index (χ0v) is 8.71. The van der Waals surface area contributed by atoms with Crippen LogP contribution in [0, 0.1) is 0 Å². The Morgan fingerprint density at radius 2 is 2.08 bits per heavy atom. The summed E-state index contributed by atoms with van der Waals surface area (Å²) in [4.78, 5) is 2.69. The molecule has 0 bridgehead atoms. The molecule has 13 heavy (non-hydrogen) atoms. The van der Waals surface area contributed by atoms with Crippen LogP contribution in [0.15, 0.2) is 0 Å². The summed E-state index contributed by atoms with van der Waals surface area (Å²) in [5, 5.41) is 0. The lowest BCUT2D eigenvalue weighted by Gasteiger charge is -2.32. The predicted octanol–water partition coefficient (Wildman–Crippen LogP) is 1.74. The van der Waals surface area contributed by atoms with E-state index in [1.807, 2.05) is 0 Å². The Bertz CT molecular complexity index is 169. The Morgan fingerprint density at radius 1 is 1.23 bits per heavy atom. The molecule has 0 spiro atoms. The molecule has 0 aromatic heterocycles. The van der Waals surface area contributed by atoms with Gasteiger partial charge in [0.1, 0.15) is 0 Å². The molecule has 2 fully saturated rings. The monoisotopic (exact) mass is 182 g/mol. The van der Waals surface area contributed by atoms with Crippen LogP contribution in [-0.2, 0) is 0 Å². The lowest BCUT2D eigenvalue weighted by molar-refractivity contribution is 0.165. The normalized spacial score (nSPS) is 41.5. The van der Waals surface area contributed by atoms with E-state index in [2.05, 4.69) is 11.8 Å². The average Bonchev–Trinajstić information content (AvgIpc) is 2.71. The van der Waals surface area contributed by atoms with Crippen molar-refractivity contribution in [2.24, 2.45) is 5.73 Å². The van der Waals surface area contributed by atoms with Crippen molar-refractivity contribution >= 4 is 0 Å². The van der Waals surface area contributed by atoms with Crippen molar-refractivity contribution in [3.05, 3.63) is 0 Å². The maximum Gasteiger partial charge on any atom is 0.0250 e. The molecule has 1 saturated carbocycles. The van der Waals surface area contributed by atoms with Gasteiger partial charge in [0.2, 0.25) is 0 Å². The summed E-state index contributed by atoms with van der Waals surface area (Å²) < 4.78 is 0. The molecule has 2 rings (SSSR count). The van der Waals surface area contributed by atoms with Crippen LogP contribution in [0.3, 0.4) is 0 Å². The smallest absolute Gasteiger partial charge is 0.0250 e. The first-order valence-electron chi connectivity index (χ1n) is 5.84. The van der Waals surface area contributed by atoms with Crippen LogP contribution < -0.4 is 5.73 Å². The summed E-state index contributed by atoms with van der Waals surface area (Å²) in [6.07, 6.45) is 8.04. The van der Waals surface area contributed by atoms with Crippen LogP contribution in [0.5, 0.6) is 0 Å². The van der Waals surface area contributed by atoms with Crippen molar-refractivity contribution in [1.82, 2.24) is 4.90 Å². The van der Waals surface area contributed by atoms with E-state index < -0.39 is 0 Å². The number of nitrogens with two attached hydrogens (primary N) is 1. The lowest BCUT2D eigenvalue weighted by atomic mass is 10.1. The van der Waals surface area contributed by atoms with E-state index in [4.69, 9.17) is 5.73 Å². The van der Waals surface area contributed by atoms with Crippen LogP contribution in [0.2, 0.25) is 0 Å². The fraction of sp³-hybridized carbons (Fsp3) is 1.00. The molecular weight excluding hydrogens is 160 g/mol. The van der Waals surface area contributed by atoms with E-state index in [9.17, 15) is 0 Å². The summed E-state index contributed by atoms with van der Waals surface area (Å²) in [7, 11) is 0. The van der Waals surface area contributed by atoms with Gasteiger partial charge in [0.15, 0.2) is 0 Å². The molecule has 1 aliphatic carbocycles. The second-order valence-corrected chi connectivity index (χ2v) is 4.60. The van der Waals surface area contributed by atoms with E-state index in [-0.39, 0.29) is 0 Å². The van der Waals surface area contributed by atoms with Crippen molar-refractivity contribution in [1.29, 1.82) is 0 Å². The quantitative estimate of drug-likeness (QED) is 0.705. The highest BCUT2D eigenvalue weighted by Crippen LogP contribution is 2.30. The van der Waals surface area contributed by atoms with Gasteiger partial charge in [-0.15, -0.1) is 0 Å². The Hall–Kier alpha value is -0.0800. The Morgan fingerprint density at radius 3 is 2.69 bits per heavy atom. The molecule has 2 aliphatic rings. The number of rotatable bonds is 2. The number of likely N-dealkylation sites (tertiary alicyclic amines) is 1. The second-order valence-electron chi connectivity index (χ2n) is 4.60. The standard InChI is InChI=1S/C11H22N2/c1-2-9-5-4-8-13(9)11-7-3-6-10(11)12/h9-11H,2-8,12H2,1H3. The predicted molar refractivity (Wildman–Crippen MR) is 55.6 cm³/mol. The van der Waals surface area contributed by atoms with Crippen molar-refractivity contribution in [2.45, 2.75) is 63.6 Å². The van der Waals surface area contributed by atoms with Gasteiger partial charge in [-0.2, -0.15) is 0 Å². The summed E-state index contributed by atoms with van der Waals surface area (Å²) in [6, 6.07) is 2.02. The van der Waals surface area contributed by atoms with E-state index in [1.54, 1.807) is 0 Å². The third-order valence-electron chi connectivity index (χ3n) is 3.85. The third-order valence-corrected chi connectivity index (χ3v) is 3.85. The molecule has 1 aliphatic heterocycles. The van der Waals surface area contributed by atoms with Crippen LogP contribution in [0.4, 0.5) is 0 Å². The average molecular weight is 182 g/mol. The summed E-state index contributed by atoms with van der Waals surface area (Å²) >= 11 is 0. The van der Waals surface area contributed by atoms with E-state index in [1.165, 1.54) is 45.1 Å². The molecule has 1 heterocycles. The minimum Gasteiger partial charge on any atom is -0.326 e. The van der Waals surface area contributed by atoms with Crippen LogP contribution in [-0.4, -0.2) is 29.6 Å². The van der Waals surface area contributed by atoms with Crippen LogP contribution in [0.1, 0.15) is 45.4 Å². The fourth-order valence-corrected chi connectivity index (χ4v) is 3.11. The summed E-state index contributed by atoms with van der Waals surface area (Å²) in [5.41, 5.74) is 6.13. The topological polar surface area (TPSA) is 29.3 Å². The van der Waals surface area contributed by atoms with Gasteiger partial charge in [0, 0.05) is 18.1 Å². The van der Waals surface area contributed by atoms with Gasteiger partial charge in [-0.3, -0.25) is 4.90 Å². The highest BCUT2D eigenvalue weighted by molar-refractivity contribution is 4.93. The second kappa shape index (κ2) is 3.97. The molecule has 1 saturated heterocycles. The first-order chi connectivity index (χ1) is 6.33. The number of hydrogen-bond acceptors (Lipinski definition) is 2. The van der Waals surface area contributed by atoms with Crippen LogP contribution >= 0.6 is 0 Å². The van der Waals surface area contributed by atoms with Gasteiger partial charge < -0.3 is 5.73 Å². The van der Waals surface area contributed by atoms with E-state index >= 15 is 0 Å². The van der Waals surface area contributed by atoms with E-state index in [0.29, 0.717) is 12.1 Å². The zero-order valence-electron chi connectivity index (χ0n) is 8.71. The molecule has 2 heteroatoms. The van der Waals surface area contributed by atoms with Gasteiger partial charge in [-0.05, 0) is 38.6 Å². The van der Waals surface area contributed by atoms with Crippen LogP contribution in [0.25, 0.3) is 0 Å². The minimum absolute atomic E-state index is 0.465. The first kappa shape index (κ1) is 9.47. The number of nitrogens with zero attached hydrogens (tertiary/aromatic N) is 1. The maximum atomic E-state index is 6.13.